The number of nitrogens with one attached hydrogen (secondary N) is 1. The Bertz CT molecular complexity index is 974. The lowest BCUT2D eigenvalue weighted by Crippen LogP contribution is -2.44. The number of rotatable bonds is 13. The SMILES string of the molecule is CCCOC1CC(C[C@@H](NC(=O)CCOc2ccc(OC)cc2)[C@H](O)c2ccc3c(c2)OCCO3)C1. The van der Waals surface area contributed by atoms with Gasteiger partial charge in [-0.25, -0.2) is 0 Å². The van der Waals surface area contributed by atoms with Gasteiger partial charge in [-0.1, -0.05) is 13.0 Å². The first-order chi connectivity index (χ1) is 17.6. The number of benzene rings is 2. The molecule has 2 aromatic rings. The van der Waals surface area contributed by atoms with Gasteiger partial charge in [-0.3, -0.25) is 4.79 Å². The molecule has 36 heavy (non-hydrogen) atoms. The zero-order chi connectivity index (χ0) is 25.3. The van der Waals surface area contributed by atoms with Crippen molar-refractivity contribution in [2.75, 3.05) is 33.5 Å². The van der Waals surface area contributed by atoms with Crippen LogP contribution in [0, 0.1) is 5.92 Å². The lowest BCUT2D eigenvalue weighted by molar-refractivity contribution is -0.123. The number of amides is 1. The van der Waals surface area contributed by atoms with Crippen molar-refractivity contribution < 1.29 is 33.6 Å². The fourth-order valence-electron chi connectivity index (χ4n) is 4.60. The Morgan fingerprint density at radius 2 is 1.78 bits per heavy atom. The maximum Gasteiger partial charge on any atom is 0.223 e. The summed E-state index contributed by atoms with van der Waals surface area (Å²) < 4.78 is 28.0. The van der Waals surface area contributed by atoms with Gasteiger partial charge in [0.2, 0.25) is 5.91 Å². The van der Waals surface area contributed by atoms with Crippen LogP contribution >= 0.6 is 0 Å². The number of fused-ring (bicyclic) bond motifs is 1. The molecule has 0 bridgehead atoms. The van der Waals surface area contributed by atoms with Gasteiger partial charge in [-0.15, -0.1) is 0 Å². The van der Waals surface area contributed by atoms with Crippen LogP contribution in [0.2, 0.25) is 0 Å². The van der Waals surface area contributed by atoms with Crippen LogP contribution in [-0.2, 0) is 9.53 Å². The van der Waals surface area contributed by atoms with E-state index in [4.69, 9.17) is 23.7 Å². The molecule has 196 valence electrons. The number of carbonyl (C=O) groups excluding carboxylic acids is 1. The smallest absolute Gasteiger partial charge is 0.223 e. The van der Waals surface area contributed by atoms with Crippen LogP contribution < -0.4 is 24.3 Å². The van der Waals surface area contributed by atoms with E-state index >= 15 is 0 Å². The highest BCUT2D eigenvalue weighted by atomic mass is 16.6. The molecule has 0 spiro atoms. The molecule has 0 unspecified atom stereocenters. The highest BCUT2D eigenvalue weighted by Crippen LogP contribution is 2.38. The lowest BCUT2D eigenvalue weighted by Gasteiger charge is -2.38. The van der Waals surface area contributed by atoms with Gasteiger partial charge >= 0.3 is 0 Å². The minimum atomic E-state index is -0.872. The van der Waals surface area contributed by atoms with Crippen LogP contribution in [0.3, 0.4) is 0 Å². The largest absolute Gasteiger partial charge is 0.497 e. The molecule has 1 amide bonds. The summed E-state index contributed by atoms with van der Waals surface area (Å²) in [5.74, 6) is 2.93. The third kappa shape index (κ3) is 7.04. The summed E-state index contributed by atoms with van der Waals surface area (Å²) in [6.45, 7) is 4.09. The van der Waals surface area contributed by atoms with E-state index in [2.05, 4.69) is 12.2 Å². The first-order valence-electron chi connectivity index (χ1n) is 12.8. The van der Waals surface area contributed by atoms with Crippen LogP contribution in [0.1, 0.15) is 50.7 Å². The highest BCUT2D eigenvalue weighted by Gasteiger charge is 2.35. The second-order valence-electron chi connectivity index (χ2n) is 9.36. The Balaban J connectivity index is 1.35. The van der Waals surface area contributed by atoms with Crippen molar-refractivity contribution in [3.05, 3.63) is 48.0 Å². The Morgan fingerprint density at radius 1 is 1.06 bits per heavy atom. The van der Waals surface area contributed by atoms with Gasteiger partial charge in [0.1, 0.15) is 24.7 Å². The fourth-order valence-corrected chi connectivity index (χ4v) is 4.60. The average Bonchev–Trinajstić information content (AvgIpc) is 2.89. The summed E-state index contributed by atoms with van der Waals surface area (Å²) in [5.41, 5.74) is 0.692. The topological polar surface area (TPSA) is 95.5 Å². The minimum absolute atomic E-state index is 0.164. The van der Waals surface area contributed by atoms with Crippen LogP contribution in [0.25, 0.3) is 0 Å². The number of ether oxygens (including phenoxy) is 5. The molecule has 2 N–H and O–H groups in total. The molecular formula is C28H37NO7. The number of aliphatic hydroxyl groups is 1. The summed E-state index contributed by atoms with van der Waals surface area (Å²) >= 11 is 0. The molecule has 2 aromatic carbocycles. The molecule has 0 aromatic heterocycles. The van der Waals surface area contributed by atoms with Crippen LogP contribution in [-0.4, -0.2) is 56.7 Å². The van der Waals surface area contributed by atoms with Crippen molar-refractivity contribution in [2.24, 2.45) is 5.92 Å². The second kappa shape index (κ2) is 12.8. The first kappa shape index (κ1) is 26.1. The number of hydrogen-bond acceptors (Lipinski definition) is 7. The number of aliphatic hydroxyl groups excluding tert-OH is 1. The van der Waals surface area contributed by atoms with Gasteiger partial charge in [0.15, 0.2) is 11.5 Å². The van der Waals surface area contributed by atoms with Crippen LogP contribution in [0.4, 0.5) is 0 Å². The molecule has 1 saturated carbocycles. The van der Waals surface area contributed by atoms with Crippen LogP contribution in [0.15, 0.2) is 42.5 Å². The molecule has 8 nitrogen and oxygen atoms in total. The third-order valence-corrected chi connectivity index (χ3v) is 6.63. The van der Waals surface area contributed by atoms with E-state index in [1.807, 2.05) is 24.3 Å². The van der Waals surface area contributed by atoms with E-state index in [0.29, 0.717) is 48.4 Å². The minimum Gasteiger partial charge on any atom is -0.497 e. The monoisotopic (exact) mass is 499 g/mol. The van der Waals surface area contributed by atoms with E-state index < -0.39 is 12.1 Å². The summed E-state index contributed by atoms with van der Waals surface area (Å²) in [6.07, 6.45) is 3.15. The number of methoxy groups -OCH3 is 1. The zero-order valence-electron chi connectivity index (χ0n) is 21.1. The van der Waals surface area contributed by atoms with E-state index in [-0.39, 0.29) is 25.0 Å². The Morgan fingerprint density at radius 3 is 2.50 bits per heavy atom. The number of hydrogen-bond donors (Lipinski definition) is 2. The molecular weight excluding hydrogens is 462 g/mol. The second-order valence-corrected chi connectivity index (χ2v) is 9.36. The molecule has 2 atom stereocenters. The molecule has 0 radical (unpaired) electrons. The molecule has 1 heterocycles. The van der Waals surface area contributed by atoms with E-state index in [0.717, 1.165) is 31.6 Å². The fraction of sp³-hybridized carbons (Fsp3) is 0.536. The third-order valence-electron chi connectivity index (χ3n) is 6.63. The van der Waals surface area contributed by atoms with Crippen molar-refractivity contribution in [2.45, 2.75) is 57.3 Å². The Kier molecular flexibility index (Phi) is 9.30. The lowest BCUT2D eigenvalue weighted by atomic mass is 9.77. The summed E-state index contributed by atoms with van der Waals surface area (Å²) in [7, 11) is 1.61. The van der Waals surface area contributed by atoms with Crippen LogP contribution in [0.5, 0.6) is 23.0 Å². The quantitative estimate of drug-likeness (QED) is 0.429. The standard InChI is InChI=1S/C28H37NO7/c1-3-11-33-23-15-19(16-23)17-24(28(31)20-4-9-25-26(18-20)36-14-13-35-25)29-27(30)10-12-34-22-7-5-21(32-2)6-8-22/h4-9,18-19,23-24,28,31H,3,10-17H2,1-2H3,(H,29,30)/t19?,23?,24-,28-/m1/s1. The molecule has 4 rings (SSSR count). The highest BCUT2D eigenvalue weighted by molar-refractivity contribution is 5.76. The van der Waals surface area contributed by atoms with Crippen molar-refractivity contribution in [1.82, 2.24) is 5.32 Å². The predicted molar refractivity (Wildman–Crippen MR) is 135 cm³/mol. The normalized spacial score (nSPS) is 20.1. The van der Waals surface area contributed by atoms with Gasteiger partial charge in [0.05, 0.1) is 38.4 Å². The predicted octanol–water partition coefficient (Wildman–Crippen LogP) is 4.05. The van der Waals surface area contributed by atoms with Crippen molar-refractivity contribution >= 4 is 5.91 Å². The molecule has 2 aliphatic rings. The summed E-state index contributed by atoms with van der Waals surface area (Å²) in [6, 6.07) is 12.2. The van der Waals surface area contributed by atoms with Gasteiger partial charge in [-0.2, -0.15) is 0 Å². The van der Waals surface area contributed by atoms with Gasteiger partial charge in [0, 0.05) is 6.61 Å². The Hall–Kier alpha value is -2.97. The zero-order valence-corrected chi connectivity index (χ0v) is 21.1. The average molecular weight is 500 g/mol. The summed E-state index contributed by atoms with van der Waals surface area (Å²) in [4.78, 5) is 12.8. The van der Waals surface area contributed by atoms with E-state index in [1.54, 1.807) is 25.3 Å². The first-order valence-corrected chi connectivity index (χ1v) is 12.8. The van der Waals surface area contributed by atoms with Crippen molar-refractivity contribution in [3.63, 3.8) is 0 Å². The molecule has 1 aliphatic heterocycles. The molecule has 0 saturated heterocycles. The number of carbonyl (C=O) groups is 1. The van der Waals surface area contributed by atoms with Gasteiger partial charge < -0.3 is 34.1 Å². The van der Waals surface area contributed by atoms with E-state index in [9.17, 15) is 9.90 Å². The van der Waals surface area contributed by atoms with Gasteiger partial charge in [-0.05, 0) is 73.6 Å². The maximum absolute atomic E-state index is 12.8. The Labute approximate surface area is 212 Å². The van der Waals surface area contributed by atoms with Gasteiger partial charge in [0.25, 0.3) is 0 Å². The van der Waals surface area contributed by atoms with E-state index in [1.165, 1.54) is 0 Å². The molecule has 1 aliphatic carbocycles. The molecule has 8 heteroatoms. The maximum atomic E-state index is 12.8. The van der Waals surface area contributed by atoms with Crippen molar-refractivity contribution in [1.29, 1.82) is 0 Å². The molecule has 1 fully saturated rings. The summed E-state index contributed by atoms with van der Waals surface area (Å²) in [5, 5.41) is 14.3. The van der Waals surface area contributed by atoms with Crippen molar-refractivity contribution in [3.8, 4) is 23.0 Å².